The van der Waals surface area contributed by atoms with E-state index in [1.54, 1.807) is 11.5 Å². The number of nitrogens with one attached hydrogen (secondary N) is 1. The third-order valence-electron chi connectivity index (χ3n) is 3.49. The summed E-state index contributed by atoms with van der Waals surface area (Å²) in [4.78, 5) is 4.50. The van der Waals surface area contributed by atoms with Crippen molar-refractivity contribution < 1.29 is 0 Å². The lowest BCUT2D eigenvalue weighted by molar-refractivity contribution is 0.410. The Hall–Kier alpha value is -0.130. The number of aromatic nitrogens is 2. The molecule has 17 heavy (non-hydrogen) atoms. The largest absolute Gasteiger partial charge is 0.316 e. The van der Waals surface area contributed by atoms with E-state index in [1.165, 1.54) is 25.7 Å². The van der Waals surface area contributed by atoms with Crippen LogP contribution in [-0.2, 0) is 6.42 Å². The van der Waals surface area contributed by atoms with Gasteiger partial charge in [0.15, 0.2) is 4.34 Å². The quantitative estimate of drug-likeness (QED) is 0.807. The Labute approximate surface area is 112 Å². The highest BCUT2D eigenvalue weighted by atomic mass is 32.2. The van der Waals surface area contributed by atoms with Crippen LogP contribution in [0.3, 0.4) is 0 Å². The van der Waals surface area contributed by atoms with Crippen LogP contribution in [0.5, 0.6) is 0 Å². The number of hydrogen-bond donors (Lipinski definition) is 1. The van der Waals surface area contributed by atoms with Crippen molar-refractivity contribution in [2.24, 2.45) is 5.92 Å². The Morgan fingerprint density at radius 3 is 2.82 bits per heavy atom. The van der Waals surface area contributed by atoms with Crippen molar-refractivity contribution in [2.45, 2.75) is 49.4 Å². The van der Waals surface area contributed by atoms with Crippen LogP contribution < -0.4 is 5.32 Å². The zero-order valence-electron chi connectivity index (χ0n) is 10.6. The van der Waals surface area contributed by atoms with Gasteiger partial charge in [0.25, 0.3) is 0 Å². The van der Waals surface area contributed by atoms with E-state index in [2.05, 4.69) is 28.6 Å². The van der Waals surface area contributed by atoms with Gasteiger partial charge in [0.2, 0.25) is 0 Å². The van der Waals surface area contributed by atoms with Crippen LogP contribution in [0.25, 0.3) is 0 Å². The van der Waals surface area contributed by atoms with Gasteiger partial charge >= 0.3 is 0 Å². The average Bonchev–Trinajstić information content (AvgIpc) is 3.00. The maximum absolute atomic E-state index is 4.50. The molecule has 0 saturated heterocycles. The van der Waals surface area contributed by atoms with Gasteiger partial charge in [-0.2, -0.15) is 4.37 Å². The highest BCUT2D eigenvalue weighted by Gasteiger charge is 2.24. The molecule has 0 radical (unpaired) electrons. The van der Waals surface area contributed by atoms with E-state index in [1.807, 2.05) is 11.8 Å². The lowest BCUT2D eigenvalue weighted by Crippen LogP contribution is -2.34. The van der Waals surface area contributed by atoms with Crippen LogP contribution in [0.4, 0.5) is 0 Å². The Kier molecular flexibility index (Phi) is 5.25. The van der Waals surface area contributed by atoms with E-state index < -0.39 is 0 Å². The minimum atomic E-state index is 0.636. The van der Waals surface area contributed by atoms with Crippen molar-refractivity contribution in [2.75, 3.05) is 12.8 Å². The second-order valence-electron chi connectivity index (χ2n) is 4.58. The Morgan fingerprint density at radius 1 is 1.47 bits per heavy atom. The normalized spacial score (nSPS) is 18.7. The second-order valence-corrected chi connectivity index (χ2v) is 6.60. The second kappa shape index (κ2) is 6.71. The van der Waals surface area contributed by atoms with E-state index in [0.717, 1.165) is 28.3 Å². The fraction of sp³-hybridized carbons (Fsp3) is 0.833. The summed E-state index contributed by atoms with van der Waals surface area (Å²) in [5.74, 6) is 2.98. The molecular formula is C12H21N3S2. The molecule has 96 valence electrons. The lowest BCUT2D eigenvalue weighted by Gasteiger charge is -2.21. The molecule has 0 spiro atoms. The summed E-state index contributed by atoms with van der Waals surface area (Å²) in [6.45, 7) is 2.10. The molecule has 1 unspecified atom stereocenters. The third kappa shape index (κ3) is 3.66. The monoisotopic (exact) mass is 271 g/mol. The zero-order valence-corrected chi connectivity index (χ0v) is 12.2. The standard InChI is InChI=1S/C12H21N3S2/c1-3-11-14-12(17-15-11)16-8-10(13-2)9-6-4-5-7-9/h9-10,13H,3-8H2,1-2H3. The van der Waals surface area contributed by atoms with Crippen molar-refractivity contribution in [1.29, 1.82) is 0 Å². The molecule has 0 amide bonds. The summed E-state index contributed by atoms with van der Waals surface area (Å²) in [6, 6.07) is 0.636. The van der Waals surface area contributed by atoms with Crippen LogP contribution in [0.2, 0.25) is 0 Å². The molecule has 1 saturated carbocycles. The van der Waals surface area contributed by atoms with Crippen molar-refractivity contribution >= 4 is 23.3 Å². The first-order valence-electron chi connectivity index (χ1n) is 6.46. The van der Waals surface area contributed by atoms with E-state index in [0.29, 0.717) is 6.04 Å². The predicted octanol–water partition coefficient (Wildman–Crippen LogP) is 2.97. The summed E-state index contributed by atoms with van der Waals surface area (Å²) < 4.78 is 5.45. The van der Waals surface area contributed by atoms with Crippen molar-refractivity contribution in [3.05, 3.63) is 5.82 Å². The highest BCUT2D eigenvalue weighted by Crippen LogP contribution is 2.31. The Balaban J connectivity index is 1.82. The van der Waals surface area contributed by atoms with Gasteiger partial charge in [-0.1, -0.05) is 31.5 Å². The van der Waals surface area contributed by atoms with Gasteiger partial charge in [0.05, 0.1) is 0 Å². The number of aryl methyl sites for hydroxylation is 1. The molecule has 1 aromatic heterocycles. The first kappa shape index (κ1) is 13.3. The Morgan fingerprint density at radius 2 is 2.24 bits per heavy atom. The van der Waals surface area contributed by atoms with E-state index in [-0.39, 0.29) is 0 Å². The maximum atomic E-state index is 4.50. The molecule has 1 aliphatic rings. The molecule has 1 fully saturated rings. The van der Waals surface area contributed by atoms with E-state index in [4.69, 9.17) is 0 Å². The average molecular weight is 271 g/mol. The molecule has 1 aromatic rings. The summed E-state index contributed by atoms with van der Waals surface area (Å²) in [5.41, 5.74) is 0. The number of hydrogen-bond acceptors (Lipinski definition) is 5. The van der Waals surface area contributed by atoms with Gasteiger partial charge in [-0.15, -0.1) is 0 Å². The van der Waals surface area contributed by atoms with Crippen LogP contribution >= 0.6 is 23.3 Å². The minimum Gasteiger partial charge on any atom is -0.316 e. The van der Waals surface area contributed by atoms with Crippen molar-refractivity contribution in [1.82, 2.24) is 14.7 Å². The molecule has 1 aliphatic carbocycles. The van der Waals surface area contributed by atoms with Crippen LogP contribution in [0.15, 0.2) is 4.34 Å². The van der Waals surface area contributed by atoms with Gasteiger partial charge in [-0.05, 0) is 37.3 Å². The van der Waals surface area contributed by atoms with Gasteiger partial charge < -0.3 is 5.32 Å². The first-order chi connectivity index (χ1) is 8.33. The summed E-state index contributed by atoms with van der Waals surface area (Å²) >= 11 is 3.40. The predicted molar refractivity (Wildman–Crippen MR) is 74.8 cm³/mol. The molecule has 5 heteroatoms. The molecule has 0 aromatic carbocycles. The minimum absolute atomic E-state index is 0.636. The Bertz CT molecular complexity index is 334. The van der Waals surface area contributed by atoms with Crippen LogP contribution in [-0.4, -0.2) is 28.2 Å². The van der Waals surface area contributed by atoms with Gasteiger partial charge in [-0.3, -0.25) is 0 Å². The topological polar surface area (TPSA) is 37.8 Å². The number of rotatable bonds is 6. The molecule has 0 bridgehead atoms. The molecule has 1 N–H and O–H groups in total. The third-order valence-corrected chi connectivity index (χ3v) is 5.48. The molecule has 0 aliphatic heterocycles. The van der Waals surface area contributed by atoms with Crippen LogP contribution in [0.1, 0.15) is 38.4 Å². The van der Waals surface area contributed by atoms with Gasteiger partial charge in [0.1, 0.15) is 5.82 Å². The molecule has 1 atom stereocenters. The molecular weight excluding hydrogens is 250 g/mol. The molecule has 1 heterocycles. The maximum Gasteiger partial charge on any atom is 0.170 e. The first-order valence-corrected chi connectivity index (χ1v) is 8.22. The van der Waals surface area contributed by atoms with Crippen LogP contribution in [0, 0.1) is 5.92 Å². The van der Waals surface area contributed by atoms with Gasteiger partial charge in [-0.25, -0.2) is 4.98 Å². The number of thioether (sulfide) groups is 1. The smallest absolute Gasteiger partial charge is 0.170 e. The van der Waals surface area contributed by atoms with E-state index >= 15 is 0 Å². The summed E-state index contributed by atoms with van der Waals surface area (Å²) in [7, 11) is 2.08. The summed E-state index contributed by atoms with van der Waals surface area (Å²) in [5, 5.41) is 3.47. The fourth-order valence-electron chi connectivity index (χ4n) is 2.42. The van der Waals surface area contributed by atoms with E-state index in [9.17, 15) is 0 Å². The zero-order chi connectivity index (χ0) is 12.1. The number of nitrogens with zero attached hydrogens (tertiary/aromatic N) is 2. The highest BCUT2D eigenvalue weighted by molar-refractivity contribution is 8.00. The molecule has 2 rings (SSSR count). The van der Waals surface area contributed by atoms with Gasteiger partial charge in [0, 0.05) is 18.2 Å². The fourth-order valence-corrected chi connectivity index (χ4v) is 4.37. The lowest BCUT2D eigenvalue weighted by atomic mass is 10.0. The van der Waals surface area contributed by atoms with Crippen molar-refractivity contribution in [3.8, 4) is 0 Å². The molecule has 3 nitrogen and oxygen atoms in total. The van der Waals surface area contributed by atoms with Crippen molar-refractivity contribution in [3.63, 3.8) is 0 Å². The summed E-state index contributed by atoms with van der Waals surface area (Å²) in [6.07, 6.45) is 6.54. The SMILES string of the molecule is CCc1nsc(SCC(NC)C2CCCC2)n1.